The van der Waals surface area contributed by atoms with Crippen LogP contribution in [0.4, 0.5) is 0 Å². The highest BCUT2D eigenvalue weighted by molar-refractivity contribution is 4.98. The fraction of sp³-hybridized carbons (Fsp3) is 1.00. The molecule has 2 saturated heterocycles. The van der Waals surface area contributed by atoms with Crippen LogP contribution in [0.15, 0.2) is 5.18 Å². The summed E-state index contributed by atoms with van der Waals surface area (Å²) in [7, 11) is 0. The van der Waals surface area contributed by atoms with E-state index in [-0.39, 0.29) is 0 Å². The van der Waals surface area contributed by atoms with Crippen molar-refractivity contribution in [3.63, 3.8) is 0 Å². The summed E-state index contributed by atoms with van der Waals surface area (Å²) in [5.41, 5.74) is 0. The predicted octanol–water partition coefficient (Wildman–Crippen LogP) is -2.08. The predicted molar refractivity (Wildman–Crippen MR) is 37.3 cm³/mol. The van der Waals surface area contributed by atoms with Crippen LogP contribution < -0.4 is 0 Å². The Morgan fingerprint density at radius 2 is 1.69 bits per heavy atom. The molecule has 0 aromatic carbocycles. The second-order valence-corrected chi connectivity index (χ2v) is 3.07. The first-order valence-electron chi connectivity index (χ1n) is 3.82. The molecule has 0 spiro atoms. The number of nitroso groups, excluding NO2 is 1. The van der Waals surface area contributed by atoms with Gasteiger partial charge in [-0.25, -0.2) is 0 Å². The molecule has 2 heterocycles. The van der Waals surface area contributed by atoms with Crippen molar-refractivity contribution in [3.8, 4) is 0 Å². The van der Waals surface area contributed by atoms with Gasteiger partial charge in [-0.3, -0.25) is 0 Å². The Hall–Kier alpha value is -0.600. The molecule has 2 aliphatic rings. The lowest BCUT2D eigenvalue weighted by Crippen LogP contribution is -2.36. The van der Waals surface area contributed by atoms with Crippen LogP contribution in [0.5, 0.6) is 0 Å². The zero-order valence-corrected chi connectivity index (χ0v) is 6.48. The van der Waals surface area contributed by atoms with Gasteiger partial charge in [0.15, 0.2) is 6.29 Å². The van der Waals surface area contributed by atoms with Gasteiger partial charge in [0.05, 0.1) is 0 Å². The van der Waals surface area contributed by atoms with Crippen molar-refractivity contribution in [1.82, 2.24) is 0 Å². The molecule has 0 aromatic heterocycles. The van der Waals surface area contributed by atoms with Gasteiger partial charge >= 0.3 is 0 Å². The second-order valence-electron chi connectivity index (χ2n) is 3.07. The van der Waals surface area contributed by atoms with Crippen LogP contribution in [0.3, 0.4) is 0 Å². The quantitative estimate of drug-likeness (QED) is 0.347. The highest BCUT2D eigenvalue weighted by Crippen LogP contribution is 2.33. The maximum Gasteiger partial charge on any atom is 0.219 e. The Morgan fingerprint density at radius 1 is 1.15 bits per heavy atom. The summed E-state index contributed by atoms with van der Waals surface area (Å²) in [6, 6.07) is 0. The SMILES string of the molecule is O=NC1OC1C(O)C(O)C1OC1O. The molecule has 13 heavy (non-hydrogen) atoms. The van der Waals surface area contributed by atoms with E-state index in [0.29, 0.717) is 0 Å². The molecule has 7 heteroatoms. The Balaban J connectivity index is 1.83. The average Bonchev–Trinajstić information content (AvgIpc) is 2.97. The van der Waals surface area contributed by atoms with Gasteiger partial charge in [0.1, 0.15) is 24.4 Å². The lowest BCUT2D eigenvalue weighted by atomic mass is 10.1. The third-order valence-corrected chi connectivity index (χ3v) is 2.13. The lowest BCUT2D eigenvalue weighted by molar-refractivity contribution is -0.0120. The molecule has 0 amide bonds. The van der Waals surface area contributed by atoms with Gasteiger partial charge in [-0.05, 0) is 5.18 Å². The Labute approximate surface area is 72.9 Å². The summed E-state index contributed by atoms with van der Waals surface area (Å²) in [6.07, 6.45) is -5.97. The van der Waals surface area contributed by atoms with Crippen LogP contribution in [-0.4, -0.2) is 52.3 Å². The average molecular weight is 191 g/mol. The van der Waals surface area contributed by atoms with E-state index in [1.54, 1.807) is 0 Å². The minimum atomic E-state index is -1.25. The van der Waals surface area contributed by atoms with E-state index in [4.69, 9.17) is 5.11 Å². The Morgan fingerprint density at radius 3 is 2.08 bits per heavy atom. The molecule has 6 unspecified atom stereocenters. The van der Waals surface area contributed by atoms with Crippen LogP contribution in [-0.2, 0) is 9.47 Å². The van der Waals surface area contributed by atoms with E-state index in [9.17, 15) is 15.1 Å². The smallest absolute Gasteiger partial charge is 0.219 e. The van der Waals surface area contributed by atoms with E-state index < -0.39 is 36.9 Å². The molecule has 2 fully saturated rings. The minimum Gasteiger partial charge on any atom is -0.387 e. The van der Waals surface area contributed by atoms with E-state index in [2.05, 4.69) is 14.7 Å². The standard InChI is InChI=1S/C6H9NO6/c8-1(3-5(7-11)12-3)2(9)4-6(10)13-4/h1-6,8-10H. The van der Waals surface area contributed by atoms with Crippen LogP contribution in [0.2, 0.25) is 0 Å². The zero-order valence-electron chi connectivity index (χ0n) is 6.48. The summed E-state index contributed by atoms with van der Waals surface area (Å²) in [5.74, 6) is 0. The van der Waals surface area contributed by atoms with Gasteiger partial charge < -0.3 is 24.8 Å². The van der Waals surface area contributed by atoms with Crippen molar-refractivity contribution in [2.24, 2.45) is 5.18 Å². The first-order chi connectivity index (χ1) is 6.15. The van der Waals surface area contributed by atoms with E-state index in [0.717, 1.165) is 0 Å². The maximum absolute atomic E-state index is 9.91. The van der Waals surface area contributed by atoms with Crippen molar-refractivity contribution >= 4 is 0 Å². The molecular weight excluding hydrogens is 182 g/mol. The van der Waals surface area contributed by atoms with Gasteiger partial charge in [-0.15, -0.1) is 4.91 Å². The number of rotatable bonds is 4. The Bertz CT molecular complexity index is 223. The molecule has 0 bridgehead atoms. The molecule has 2 rings (SSSR count). The highest BCUT2D eigenvalue weighted by atomic mass is 16.7. The van der Waals surface area contributed by atoms with Crippen molar-refractivity contribution in [2.45, 2.75) is 36.9 Å². The van der Waals surface area contributed by atoms with Crippen LogP contribution in [0, 0.1) is 4.91 Å². The number of epoxide rings is 2. The molecule has 0 saturated carbocycles. The van der Waals surface area contributed by atoms with Crippen molar-refractivity contribution in [1.29, 1.82) is 0 Å². The molecule has 2 aliphatic heterocycles. The highest BCUT2D eigenvalue weighted by Gasteiger charge is 2.55. The Kier molecular flexibility index (Phi) is 2.05. The fourth-order valence-electron chi connectivity index (χ4n) is 1.20. The summed E-state index contributed by atoms with van der Waals surface area (Å²) >= 11 is 0. The lowest BCUT2D eigenvalue weighted by Gasteiger charge is -2.12. The van der Waals surface area contributed by atoms with Crippen LogP contribution >= 0.6 is 0 Å². The van der Waals surface area contributed by atoms with Crippen molar-refractivity contribution in [2.75, 3.05) is 0 Å². The normalized spacial score (nSPS) is 46.7. The summed E-state index contributed by atoms with van der Waals surface area (Å²) in [5, 5.41) is 29.9. The van der Waals surface area contributed by atoms with Crippen LogP contribution in [0.1, 0.15) is 0 Å². The monoisotopic (exact) mass is 191 g/mol. The molecule has 74 valence electrons. The molecule has 0 radical (unpaired) electrons. The number of hydrogen-bond acceptors (Lipinski definition) is 7. The summed E-state index contributed by atoms with van der Waals surface area (Å²) < 4.78 is 9.16. The molecular formula is C6H9NO6. The summed E-state index contributed by atoms with van der Waals surface area (Å²) in [4.78, 5) is 9.91. The summed E-state index contributed by atoms with van der Waals surface area (Å²) in [6.45, 7) is 0. The first-order valence-corrected chi connectivity index (χ1v) is 3.82. The van der Waals surface area contributed by atoms with Crippen molar-refractivity contribution in [3.05, 3.63) is 4.91 Å². The van der Waals surface area contributed by atoms with Crippen molar-refractivity contribution < 1.29 is 24.8 Å². The zero-order chi connectivity index (χ0) is 9.59. The third kappa shape index (κ3) is 1.56. The maximum atomic E-state index is 9.91. The first kappa shape index (κ1) is 8.97. The minimum absolute atomic E-state index is 0.774. The number of aliphatic hydroxyl groups is 3. The van der Waals surface area contributed by atoms with E-state index >= 15 is 0 Å². The molecule has 3 N–H and O–H groups in total. The van der Waals surface area contributed by atoms with Gasteiger partial charge in [-0.2, -0.15) is 0 Å². The number of hydrogen-bond donors (Lipinski definition) is 3. The topological polar surface area (TPSA) is 115 Å². The number of ether oxygens (including phenoxy) is 2. The van der Waals surface area contributed by atoms with Gasteiger partial charge in [0.25, 0.3) is 0 Å². The van der Waals surface area contributed by atoms with E-state index in [1.807, 2.05) is 0 Å². The van der Waals surface area contributed by atoms with Crippen LogP contribution in [0.25, 0.3) is 0 Å². The third-order valence-electron chi connectivity index (χ3n) is 2.13. The number of aliphatic hydroxyl groups excluding tert-OH is 3. The molecule has 6 atom stereocenters. The second kappa shape index (κ2) is 2.96. The number of nitrogens with zero attached hydrogens (tertiary/aromatic N) is 1. The fourth-order valence-corrected chi connectivity index (χ4v) is 1.20. The molecule has 7 nitrogen and oxygen atoms in total. The molecule has 0 aromatic rings. The van der Waals surface area contributed by atoms with Gasteiger partial charge in [-0.1, -0.05) is 0 Å². The van der Waals surface area contributed by atoms with E-state index in [1.165, 1.54) is 0 Å². The largest absolute Gasteiger partial charge is 0.387 e. The van der Waals surface area contributed by atoms with Gasteiger partial charge in [0.2, 0.25) is 6.23 Å². The molecule has 0 aliphatic carbocycles. The van der Waals surface area contributed by atoms with Gasteiger partial charge in [0, 0.05) is 0 Å².